The van der Waals surface area contributed by atoms with Crippen LogP contribution in [0.1, 0.15) is 34.0 Å². The molecule has 0 saturated carbocycles. The number of carbonyl (C=O) groups excluding carboxylic acids is 3. The lowest BCUT2D eigenvalue weighted by atomic mass is 10.0. The van der Waals surface area contributed by atoms with E-state index in [9.17, 15) is 27.6 Å². The SMILES string of the molecule is CCN1C(=O)C(NC(=O)c2cccc(C(F)(F)F)c2)Cc2cnn(-c3ccccc3)c21.CN1CC=C(C(=O)NCc2ccccc2)C1. The predicted molar refractivity (Wildman–Crippen MR) is 172 cm³/mol. The number of rotatable bonds is 7. The second-order valence-corrected chi connectivity index (χ2v) is 11.2. The van der Waals surface area contributed by atoms with E-state index in [-0.39, 0.29) is 23.8 Å². The van der Waals surface area contributed by atoms with Gasteiger partial charge in [0, 0.05) is 49.3 Å². The van der Waals surface area contributed by atoms with Crippen LogP contribution in [0, 0.1) is 0 Å². The van der Waals surface area contributed by atoms with Gasteiger partial charge < -0.3 is 10.6 Å². The minimum absolute atomic E-state index is 0.0493. The van der Waals surface area contributed by atoms with Gasteiger partial charge in [0.2, 0.25) is 5.91 Å². The van der Waals surface area contributed by atoms with Crippen LogP contribution in [0.4, 0.5) is 19.0 Å². The number of likely N-dealkylation sites (N-methyl/N-ethyl adjacent to an activating group) is 2. The predicted octanol–water partition coefficient (Wildman–Crippen LogP) is 4.77. The van der Waals surface area contributed by atoms with Crippen molar-refractivity contribution in [1.29, 1.82) is 0 Å². The Balaban J connectivity index is 0.000000227. The number of halogens is 3. The third-order valence-electron chi connectivity index (χ3n) is 7.81. The molecule has 12 heteroatoms. The molecule has 1 aromatic heterocycles. The van der Waals surface area contributed by atoms with Crippen molar-refractivity contribution in [3.05, 3.63) is 125 Å². The number of anilines is 1. The molecule has 3 amide bonds. The Hall–Kier alpha value is -5.23. The summed E-state index contributed by atoms with van der Waals surface area (Å²) < 4.78 is 40.5. The van der Waals surface area contributed by atoms with E-state index >= 15 is 0 Å². The Morgan fingerprint density at radius 3 is 2.30 bits per heavy atom. The number of aromatic nitrogens is 2. The number of hydrogen-bond acceptors (Lipinski definition) is 5. The minimum atomic E-state index is -4.56. The zero-order chi connectivity index (χ0) is 33.6. The largest absolute Gasteiger partial charge is 0.416 e. The monoisotopic (exact) mass is 644 g/mol. The van der Waals surface area contributed by atoms with E-state index in [1.807, 2.05) is 73.8 Å². The third-order valence-corrected chi connectivity index (χ3v) is 7.81. The lowest BCUT2D eigenvalue weighted by Gasteiger charge is -2.32. The molecule has 244 valence electrons. The van der Waals surface area contributed by atoms with Gasteiger partial charge in [0.15, 0.2) is 0 Å². The molecule has 3 aromatic carbocycles. The first-order chi connectivity index (χ1) is 22.5. The molecule has 0 radical (unpaired) electrons. The van der Waals surface area contributed by atoms with Crippen LogP contribution in [0.15, 0.2) is 103 Å². The molecule has 0 fully saturated rings. The van der Waals surface area contributed by atoms with E-state index in [0.717, 1.165) is 47.6 Å². The molecule has 4 aromatic rings. The molecule has 6 rings (SSSR count). The van der Waals surface area contributed by atoms with Crippen LogP contribution in [0.25, 0.3) is 5.69 Å². The number of benzene rings is 3. The Morgan fingerprint density at radius 2 is 1.66 bits per heavy atom. The quantitative estimate of drug-likeness (QED) is 0.302. The van der Waals surface area contributed by atoms with Gasteiger partial charge in [-0.05, 0) is 49.9 Å². The number of para-hydroxylation sites is 1. The minimum Gasteiger partial charge on any atom is -0.348 e. The number of amides is 3. The summed E-state index contributed by atoms with van der Waals surface area (Å²) >= 11 is 0. The maximum Gasteiger partial charge on any atom is 0.416 e. The van der Waals surface area contributed by atoms with Gasteiger partial charge in [-0.2, -0.15) is 18.3 Å². The fourth-order valence-corrected chi connectivity index (χ4v) is 5.40. The lowest BCUT2D eigenvalue weighted by Crippen LogP contribution is -2.53. The molecule has 1 unspecified atom stereocenters. The Labute approximate surface area is 270 Å². The maximum absolute atomic E-state index is 13.1. The zero-order valence-corrected chi connectivity index (χ0v) is 26.0. The Bertz CT molecular complexity index is 1760. The van der Waals surface area contributed by atoms with Crippen LogP contribution in [0.3, 0.4) is 0 Å². The highest BCUT2D eigenvalue weighted by molar-refractivity contribution is 6.04. The molecule has 1 atom stereocenters. The van der Waals surface area contributed by atoms with Gasteiger partial charge in [0.05, 0.1) is 17.4 Å². The summed E-state index contributed by atoms with van der Waals surface area (Å²) in [6, 6.07) is 22.5. The summed E-state index contributed by atoms with van der Waals surface area (Å²) in [7, 11) is 2.01. The second kappa shape index (κ2) is 14.5. The van der Waals surface area contributed by atoms with Gasteiger partial charge in [-0.3, -0.25) is 24.2 Å². The van der Waals surface area contributed by atoms with Crippen LogP contribution in [-0.2, 0) is 28.7 Å². The number of nitrogens with zero attached hydrogens (tertiary/aromatic N) is 4. The van der Waals surface area contributed by atoms with Crippen LogP contribution in [0.2, 0.25) is 0 Å². The lowest BCUT2D eigenvalue weighted by molar-refractivity contribution is -0.137. The number of fused-ring (bicyclic) bond motifs is 1. The molecule has 0 bridgehead atoms. The normalized spacial score (nSPS) is 16.1. The van der Waals surface area contributed by atoms with Crippen LogP contribution < -0.4 is 15.5 Å². The molecule has 9 nitrogen and oxygen atoms in total. The average molecular weight is 645 g/mol. The topological polar surface area (TPSA) is 99.6 Å². The molecule has 0 spiro atoms. The molecule has 2 aliphatic rings. The molecule has 3 heterocycles. The van der Waals surface area contributed by atoms with Gasteiger partial charge in [-0.1, -0.05) is 60.7 Å². The molecule has 0 saturated heterocycles. The van der Waals surface area contributed by atoms with Crippen LogP contribution in [0.5, 0.6) is 0 Å². The van der Waals surface area contributed by atoms with E-state index in [4.69, 9.17) is 0 Å². The first-order valence-electron chi connectivity index (χ1n) is 15.2. The molecular formula is C35H35F3N6O3. The molecule has 2 aliphatic heterocycles. The Kier molecular flexibility index (Phi) is 10.2. The zero-order valence-electron chi connectivity index (χ0n) is 26.0. The fourth-order valence-electron chi connectivity index (χ4n) is 5.40. The molecular weight excluding hydrogens is 609 g/mol. The van der Waals surface area contributed by atoms with Crippen molar-refractivity contribution in [1.82, 2.24) is 25.3 Å². The van der Waals surface area contributed by atoms with Gasteiger partial charge in [0.1, 0.15) is 11.9 Å². The maximum atomic E-state index is 13.1. The van der Waals surface area contributed by atoms with Crippen molar-refractivity contribution >= 4 is 23.5 Å². The Morgan fingerprint density at radius 1 is 0.957 bits per heavy atom. The van der Waals surface area contributed by atoms with Crippen LogP contribution in [-0.4, -0.2) is 65.1 Å². The van der Waals surface area contributed by atoms with Gasteiger partial charge >= 0.3 is 6.18 Å². The van der Waals surface area contributed by atoms with Crippen molar-refractivity contribution in [2.45, 2.75) is 32.1 Å². The molecule has 47 heavy (non-hydrogen) atoms. The third kappa shape index (κ3) is 7.95. The summed E-state index contributed by atoms with van der Waals surface area (Å²) in [5, 5.41) is 9.91. The molecule has 0 aliphatic carbocycles. The standard InChI is InChI=1S/C22H19F3N4O2.C13H16N2O/c1-2-28-20-15(13-26-29(20)17-9-4-3-5-10-17)12-18(21(28)31)27-19(30)14-7-6-8-16(11-14)22(23,24)25;1-15-8-7-12(10-15)13(16)14-9-11-5-3-2-4-6-11/h3-11,13,18H,2,12H2,1H3,(H,27,30);2-7H,8-10H2,1H3,(H,14,16). The van der Waals surface area contributed by atoms with Crippen molar-refractivity contribution < 1.29 is 27.6 Å². The van der Waals surface area contributed by atoms with Gasteiger partial charge in [-0.15, -0.1) is 0 Å². The van der Waals surface area contributed by atoms with Crippen molar-refractivity contribution in [2.24, 2.45) is 0 Å². The summed E-state index contributed by atoms with van der Waals surface area (Å²) in [5.41, 5.74) is 2.48. The summed E-state index contributed by atoms with van der Waals surface area (Å²) in [5.74, 6) is -0.399. The van der Waals surface area contributed by atoms with Gasteiger partial charge in [-0.25, -0.2) is 4.68 Å². The highest BCUT2D eigenvalue weighted by Gasteiger charge is 2.37. The highest BCUT2D eigenvalue weighted by atomic mass is 19.4. The smallest absolute Gasteiger partial charge is 0.348 e. The summed E-state index contributed by atoms with van der Waals surface area (Å²) in [4.78, 5) is 41.1. The van der Waals surface area contributed by atoms with E-state index < -0.39 is 23.7 Å². The summed E-state index contributed by atoms with van der Waals surface area (Å²) in [6.07, 6.45) is -0.736. The van der Waals surface area contributed by atoms with Crippen molar-refractivity contribution in [3.63, 3.8) is 0 Å². The first kappa shape index (κ1) is 33.1. The fraction of sp³-hybridized carbons (Fsp3) is 0.257. The highest BCUT2D eigenvalue weighted by Crippen LogP contribution is 2.31. The van der Waals surface area contributed by atoms with E-state index in [1.54, 1.807) is 17.8 Å². The molecule has 2 N–H and O–H groups in total. The van der Waals surface area contributed by atoms with Crippen molar-refractivity contribution in [3.8, 4) is 5.69 Å². The first-order valence-corrected chi connectivity index (χ1v) is 15.2. The number of nitrogens with one attached hydrogen (secondary N) is 2. The number of hydrogen-bond donors (Lipinski definition) is 2. The second-order valence-electron chi connectivity index (χ2n) is 11.2. The number of alkyl halides is 3. The van der Waals surface area contributed by atoms with E-state index in [2.05, 4.69) is 20.6 Å². The van der Waals surface area contributed by atoms with E-state index in [0.29, 0.717) is 18.9 Å². The van der Waals surface area contributed by atoms with E-state index in [1.165, 1.54) is 17.0 Å². The van der Waals surface area contributed by atoms with Crippen LogP contribution >= 0.6 is 0 Å². The number of carbonyl (C=O) groups is 3. The van der Waals surface area contributed by atoms with Crippen molar-refractivity contribution in [2.75, 3.05) is 31.6 Å². The van der Waals surface area contributed by atoms with Gasteiger partial charge in [0.25, 0.3) is 11.8 Å². The average Bonchev–Trinajstić information content (AvgIpc) is 3.71. The summed E-state index contributed by atoms with van der Waals surface area (Å²) in [6.45, 7) is 4.37.